The molecule has 1 N–H and O–H groups in total. The molecule has 0 radical (unpaired) electrons. The number of hydrogen-bond acceptors (Lipinski definition) is 7. The maximum Gasteiger partial charge on any atom is 0.257 e. The summed E-state index contributed by atoms with van der Waals surface area (Å²) in [7, 11) is -3.89. The lowest BCUT2D eigenvalue weighted by molar-refractivity contribution is 0.102. The standard InChI is InChI=1S/C24H23N5O3S2/c1-2-18-5-7-19(8-6-18)22-17-33-24(27-22)28-23(30)20-9-11-21(12-10-20)34(31,32)29(15-3-13-25)16-4-14-26/h5-12,17H,2-4,15-16H2,1H3,(H,27,28,30). The van der Waals surface area contributed by atoms with Gasteiger partial charge in [0.25, 0.3) is 5.91 Å². The molecule has 0 spiro atoms. The van der Waals surface area contributed by atoms with Gasteiger partial charge in [-0.25, -0.2) is 13.4 Å². The van der Waals surface area contributed by atoms with Crippen LogP contribution < -0.4 is 5.32 Å². The van der Waals surface area contributed by atoms with E-state index in [1.807, 2.05) is 41.8 Å². The minimum Gasteiger partial charge on any atom is -0.298 e. The Morgan fingerprint density at radius 1 is 1.03 bits per heavy atom. The summed E-state index contributed by atoms with van der Waals surface area (Å²) in [5.41, 5.74) is 3.24. The second-order valence-corrected chi connectivity index (χ2v) is 10.1. The number of aryl methyl sites for hydroxylation is 1. The van der Waals surface area contributed by atoms with Crippen molar-refractivity contribution in [2.45, 2.75) is 31.1 Å². The van der Waals surface area contributed by atoms with Gasteiger partial charge in [0.05, 0.1) is 22.7 Å². The van der Waals surface area contributed by atoms with Crippen LogP contribution >= 0.6 is 11.3 Å². The number of amides is 1. The maximum atomic E-state index is 12.9. The van der Waals surface area contributed by atoms with Crippen molar-refractivity contribution in [2.24, 2.45) is 0 Å². The molecule has 0 unspecified atom stereocenters. The van der Waals surface area contributed by atoms with E-state index in [4.69, 9.17) is 10.5 Å². The Labute approximate surface area is 203 Å². The number of nitriles is 2. The van der Waals surface area contributed by atoms with E-state index in [1.165, 1.54) is 41.2 Å². The fourth-order valence-corrected chi connectivity index (χ4v) is 5.33. The zero-order chi connectivity index (χ0) is 24.6. The summed E-state index contributed by atoms with van der Waals surface area (Å²) in [6.07, 6.45) is 0.990. The fourth-order valence-electron chi connectivity index (χ4n) is 3.17. The van der Waals surface area contributed by atoms with Crippen molar-refractivity contribution in [3.8, 4) is 23.4 Å². The van der Waals surface area contributed by atoms with Gasteiger partial charge in [-0.05, 0) is 36.2 Å². The third kappa shape index (κ3) is 6.06. The van der Waals surface area contributed by atoms with Crippen LogP contribution in [0.2, 0.25) is 0 Å². The quantitative estimate of drug-likeness (QED) is 0.445. The van der Waals surface area contributed by atoms with Gasteiger partial charge in [0.1, 0.15) is 0 Å². The molecule has 8 nitrogen and oxygen atoms in total. The average molecular weight is 494 g/mol. The molecule has 0 saturated carbocycles. The number of rotatable bonds is 10. The molecule has 1 heterocycles. The van der Waals surface area contributed by atoms with Gasteiger partial charge in [-0.15, -0.1) is 11.3 Å². The van der Waals surface area contributed by atoms with E-state index < -0.39 is 15.9 Å². The Hall–Kier alpha value is -3.57. The summed E-state index contributed by atoms with van der Waals surface area (Å²) in [4.78, 5) is 17.1. The summed E-state index contributed by atoms with van der Waals surface area (Å²) in [6.45, 7) is 2.08. The molecule has 0 aliphatic rings. The monoisotopic (exact) mass is 493 g/mol. The van der Waals surface area contributed by atoms with E-state index in [0.717, 1.165) is 22.0 Å². The van der Waals surface area contributed by atoms with Crippen LogP contribution in [0.15, 0.2) is 58.8 Å². The zero-order valence-corrected chi connectivity index (χ0v) is 20.2. The number of thiazole rings is 1. The van der Waals surface area contributed by atoms with E-state index in [2.05, 4.69) is 17.2 Å². The molecule has 0 fully saturated rings. The minimum absolute atomic E-state index is 0.00367. The predicted octanol–water partition coefficient (Wildman–Crippen LogP) is 4.44. The van der Waals surface area contributed by atoms with Crippen LogP contribution in [0.5, 0.6) is 0 Å². The first kappa shape index (κ1) is 25.1. The molecule has 174 valence electrons. The maximum absolute atomic E-state index is 12.9. The second-order valence-electron chi connectivity index (χ2n) is 7.29. The van der Waals surface area contributed by atoms with Crippen molar-refractivity contribution >= 4 is 32.4 Å². The molecular weight excluding hydrogens is 470 g/mol. The van der Waals surface area contributed by atoms with Crippen molar-refractivity contribution in [3.05, 3.63) is 65.0 Å². The first-order valence-corrected chi connectivity index (χ1v) is 12.9. The summed E-state index contributed by atoms with van der Waals surface area (Å²) in [5.74, 6) is -0.406. The Bertz CT molecular complexity index is 1300. The van der Waals surface area contributed by atoms with Crippen LogP contribution in [-0.4, -0.2) is 36.7 Å². The number of anilines is 1. The molecule has 2 aromatic carbocycles. The first-order valence-electron chi connectivity index (χ1n) is 10.6. The zero-order valence-electron chi connectivity index (χ0n) is 18.6. The molecule has 3 rings (SSSR count). The van der Waals surface area contributed by atoms with Crippen molar-refractivity contribution in [1.29, 1.82) is 10.5 Å². The van der Waals surface area contributed by atoms with Gasteiger partial charge >= 0.3 is 0 Å². The molecule has 34 heavy (non-hydrogen) atoms. The predicted molar refractivity (Wildman–Crippen MR) is 131 cm³/mol. The van der Waals surface area contributed by atoms with Gasteiger partial charge in [0.2, 0.25) is 10.0 Å². The van der Waals surface area contributed by atoms with Gasteiger partial charge in [-0.1, -0.05) is 31.2 Å². The van der Waals surface area contributed by atoms with Crippen LogP contribution in [0.3, 0.4) is 0 Å². The Morgan fingerprint density at radius 2 is 1.65 bits per heavy atom. The fraction of sp³-hybridized carbons (Fsp3) is 0.250. The highest BCUT2D eigenvalue weighted by Gasteiger charge is 2.24. The number of hydrogen-bond donors (Lipinski definition) is 1. The first-order chi connectivity index (χ1) is 16.4. The van der Waals surface area contributed by atoms with Gasteiger partial charge < -0.3 is 0 Å². The number of nitrogens with one attached hydrogen (secondary N) is 1. The molecule has 1 aromatic heterocycles. The van der Waals surface area contributed by atoms with E-state index in [0.29, 0.717) is 5.13 Å². The van der Waals surface area contributed by atoms with E-state index in [-0.39, 0.29) is 36.4 Å². The highest BCUT2D eigenvalue weighted by Crippen LogP contribution is 2.26. The highest BCUT2D eigenvalue weighted by molar-refractivity contribution is 7.89. The lowest BCUT2D eigenvalue weighted by Crippen LogP contribution is -2.32. The van der Waals surface area contributed by atoms with Crippen molar-refractivity contribution in [3.63, 3.8) is 0 Å². The molecule has 10 heteroatoms. The average Bonchev–Trinajstić information content (AvgIpc) is 3.32. The molecule has 0 bridgehead atoms. The minimum atomic E-state index is -3.89. The largest absolute Gasteiger partial charge is 0.298 e. The SMILES string of the molecule is CCc1ccc(-c2csc(NC(=O)c3ccc(S(=O)(=O)N(CCC#N)CCC#N)cc3)n2)cc1. The van der Waals surface area contributed by atoms with Crippen molar-refractivity contribution < 1.29 is 13.2 Å². The van der Waals surface area contributed by atoms with Gasteiger partial charge in [0, 0.05) is 42.4 Å². The van der Waals surface area contributed by atoms with Crippen molar-refractivity contribution in [2.75, 3.05) is 18.4 Å². The van der Waals surface area contributed by atoms with Crippen LogP contribution in [-0.2, 0) is 16.4 Å². The highest BCUT2D eigenvalue weighted by atomic mass is 32.2. The van der Waals surface area contributed by atoms with Crippen LogP contribution in [0.25, 0.3) is 11.3 Å². The number of carbonyl (C=O) groups is 1. The smallest absolute Gasteiger partial charge is 0.257 e. The number of sulfonamides is 1. The summed E-state index contributed by atoms with van der Waals surface area (Å²) in [5, 5.41) is 22.6. The van der Waals surface area contributed by atoms with Crippen LogP contribution in [0.1, 0.15) is 35.7 Å². The molecule has 3 aromatic rings. The number of nitrogens with zero attached hydrogens (tertiary/aromatic N) is 4. The molecular formula is C24H23N5O3S2. The van der Waals surface area contributed by atoms with Crippen LogP contribution in [0.4, 0.5) is 5.13 Å². The Kier molecular flexibility index (Phi) is 8.50. The van der Waals surface area contributed by atoms with E-state index >= 15 is 0 Å². The number of aromatic nitrogens is 1. The molecule has 0 atom stereocenters. The third-order valence-corrected chi connectivity index (χ3v) is 7.75. The topological polar surface area (TPSA) is 127 Å². The lowest BCUT2D eigenvalue weighted by Gasteiger charge is -2.20. The van der Waals surface area contributed by atoms with E-state index in [1.54, 1.807) is 0 Å². The number of carbonyl (C=O) groups excluding carboxylic acids is 1. The molecule has 1 amide bonds. The Balaban J connectivity index is 1.70. The third-order valence-electron chi connectivity index (χ3n) is 5.08. The normalized spacial score (nSPS) is 11.1. The summed E-state index contributed by atoms with van der Waals surface area (Å²) >= 11 is 1.31. The van der Waals surface area contributed by atoms with Crippen molar-refractivity contribution in [1.82, 2.24) is 9.29 Å². The van der Waals surface area contributed by atoms with Gasteiger partial charge in [0.15, 0.2) is 5.13 Å². The Morgan fingerprint density at radius 3 is 2.21 bits per heavy atom. The van der Waals surface area contributed by atoms with Gasteiger partial charge in [-0.3, -0.25) is 10.1 Å². The van der Waals surface area contributed by atoms with Gasteiger partial charge in [-0.2, -0.15) is 14.8 Å². The van der Waals surface area contributed by atoms with E-state index in [9.17, 15) is 13.2 Å². The molecule has 0 aliphatic heterocycles. The lowest BCUT2D eigenvalue weighted by atomic mass is 10.1. The summed E-state index contributed by atoms with van der Waals surface area (Å²) in [6, 6.07) is 17.5. The second kappa shape index (κ2) is 11.5. The molecule has 0 saturated heterocycles. The summed E-state index contributed by atoms with van der Waals surface area (Å²) < 4.78 is 26.9. The number of benzene rings is 2. The molecule has 0 aliphatic carbocycles. The van der Waals surface area contributed by atoms with Crippen LogP contribution in [0, 0.1) is 22.7 Å².